The van der Waals surface area contributed by atoms with Gasteiger partial charge in [0.25, 0.3) is 5.56 Å². The van der Waals surface area contributed by atoms with Crippen LogP contribution in [0, 0.1) is 9.39 Å². The average molecular weight is 386 g/mol. The minimum Gasteiger partial charge on any atom is -0.309 e. The molecule has 0 spiro atoms. The minimum absolute atomic E-state index is 0.123. The number of benzene rings is 1. The number of nitrogens with one attached hydrogen (secondary N) is 1. The third-order valence-corrected chi connectivity index (χ3v) is 4.54. The van der Waals surface area contributed by atoms with E-state index in [0.717, 1.165) is 11.3 Å². The van der Waals surface area contributed by atoms with Gasteiger partial charge in [-0.2, -0.15) is 0 Å². The zero-order chi connectivity index (χ0) is 14.9. The van der Waals surface area contributed by atoms with Crippen molar-refractivity contribution in [3.63, 3.8) is 0 Å². The largest absolute Gasteiger partial charge is 0.309 e. The van der Waals surface area contributed by atoms with Crippen LogP contribution in [-0.2, 0) is 11.8 Å². The molecule has 2 aromatic rings. The molecule has 0 amide bonds. The highest BCUT2D eigenvalue weighted by Crippen LogP contribution is 2.28. The van der Waals surface area contributed by atoms with E-state index in [4.69, 9.17) is 0 Å². The standard InChI is InChI=1S/C15H16FIN2O/c1-4-11-12(17)13(20)19-14(18-11)15(2,3)9-5-7-10(16)8-6-9/h5-8H,4H2,1-3H3,(H,18,19,20). The van der Waals surface area contributed by atoms with Gasteiger partial charge < -0.3 is 4.98 Å². The Morgan fingerprint density at radius 3 is 2.45 bits per heavy atom. The number of halogens is 2. The van der Waals surface area contributed by atoms with Gasteiger partial charge in [0.15, 0.2) is 0 Å². The van der Waals surface area contributed by atoms with E-state index in [0.29, 0.717) is 15.8 Å². The molecule has 0 atom stereocenters. The third-order valence-electron chi connectivity index (χ3n) is 3.42. The molecular weight excluding hydrogens is 370 g/mol. The molecule has 1 aromatic carbocycles. The van der Waals surface area contributed by atoms with Crippen molar-refractivity contribution < 1.29 is 4.39 Å². The van der Waals surface area contributed by atoms with Crippen molar-refractivity contribution in [2.75, 3.05) is 0 Å². The number of aromatic amines is 1. The molecular formula is C15H16FIN2O. The molecule has 0 radical (unpaired) electrons. The zero-order valence-corrected chi connectivity index (χ0v) is 13.8. The highest BCUT2D eigenvalue weighted by molar-refractivity contribution is 14.1. The summed E-state index contributed by atoms with van der Waals surface area (Å²) < 4.78 is 13.7. The Morgan fingerprint density at radius 2 is 1.90 bits per heavy atom. The van der Waals surface area contributed by atoms with Crippen LogP contribution in [0.1, 0.15) is 37.9 Å². The third kappa shape index (κ3) is 2.77. The fourth-order valence-electron chi connectivity index (χ4n) is 2.04. The number of H-pyrrole nitrogens is 1. The second-order valence-electron chi connectivity index (χ2n) is 5.16. The van der Waals surface area contributed by atoms with Crippen LogP contribution in [0.25, 0.3) is 0 Å². The van der Waals surface area contributed by atoms with Crippen molar-refractivity contribution >= 4 is 22.6 Å². The van der Waals surface area contributed by atoms with Crippen LogP contribution in [0.4, 0.5) is 4.39 Å². The number of aryl methyl sites for hydroxylation is 1. The average Bonchev–Trinajstić information content (AvgIpc) is 2.42. The Labute approximate surface area is 130 Å². The molecule has 0 saturated carbocycles. The summed E-state index contributed by atoms with van der Waals surface area (Å²) in [6.07, 6.45) is 0.703. The Bertz CT molecular complexity index is 677. The predicted octanol–water partition coefficient (Wildman–Crippen LogP) is 3.40. The van der Waals surface area contributed by atoms with Gasteiger partial charge in [-0.1, -0.05) is 19.1 Å². The Balaban J connectivity index is 2.56. The van der Waals surface area contributed by atoms with Gasteiger partial charge in [0.2, 0.25) is 0 Å². The lowest BCUT2D eigenvalue weighted by atomic mass is 9.83. The van der Waals surface area contributed by atoms with Crippen LogP contribution in [0.2, 0.25) is 0 Å². The van der Waals surface area contributed by atoms with Gasteiger partial charge in [0.05, 0.1) is 9.26 Å². The molecule has 0 aliphatic rings. The Hall–Kier alpha value is -1.24. The van der Waals surface area contributed by atoms with Gasteiger partial charge in [0.1, 0.15) is 11.6 Å². The van der Waals surface area contributed by atoms with Crippen molar-refractivity contribution in [3.8, 4) is 0 Å². The molecule has 0 fully saturated rings. The molecule has 1 heterocycles. The van der Waals surface area contributed by atoms with Crippen LogP contribution >= 0.6 is 22.6 Å². The first-order valence-electron chi connectivity index (χ1n) is 6.41. The molecule has 2 rings (SSSR count). The Kier molecular flexibility index (Phi) is 4.27. The SMILES string of the molecule is CCc1nc(C(C)(C)c2ccc(F)cc2)[nH]c(=O)c1I. The normalized spacial score (nSPS) is 11.7. The summed E-state index contributed by atoms with van der Waals surface area (Å²) in [6.45, 7) is 5.90. The van der Waals surface area contributed by atoms with Crippen LogP contribution in [0.3, 0.4) is 0 Å². The lowest BCUT2D eigenvalue weighted by Gasteiger charge is -2.24. The van der Waals surface area contributed by atoms with Crippen molar-refractivity contribution in [1.29, 1.82) is 0 Å². The van der Waals surface area contributed by atoms with Crippen LogP contribution in [-0.4, -0.2) is 9.97 Å². The summed E-state index contributed by atoms with van der Waals surface area (Å²) in [7, 11) is 0. The number of aromatic nitrogens is 2. The summed E-state index contributed by atoms with van der Waals surface area (Å²) in [5, 5.41) is 0. The van der Waals surface area contributed by atoms with E-state index in [-0.39, 0.29) is 11.4 Å². The van der Waals surface area contributed by atoms with Crippen molar-refractivity contribution in [3.05, 3.63) is 61.1 Å². The van der Waals surface area contributed by atoms with E-state index in [1.807, 2.05) is 43.4 Å². The van der Waals surface area contributed by atoms with Crippen molar-refractivity contribution in [2.45, 2.75) is 32.6 Å². The van der Waals surface area contributed by atoms with Gasteiger partial charge >= 0.3 is 0 Å². The highest BCUT2D eigenvalue weighted by atomic mass is 127. The summed E-state index contributed by atoms with van der Waals surface area (Å²) in [5.41, 5.74) is 1.09. The van der Waals surface area contributed by atoms with Gasteiger partial charge in [0, 0.05) is 5.41 Å². The fraction of sp³-hybridized carbons (Fsp3) is 0.333. The second kappa shape index (κ2) is 5.63. The van der Waals surface area contributed by atoms with Crippen LogP contribution in [0.15, 0.2) is 29.1 Å². The van der Waals surface area contributed by atoms with Crippen LogP contribution < -0.4 is 5.56 Å². The number of rotatable bonds is 3. The summed E-state index contributed by atoms with van der Waals surface area (Å²) in [6, 6.07) is 6.28. The van der Waals surface area contributed by atoms with Gasteiger partial charge in [-0.25, -0.2) is 9.37 Å². The molecule has 5 heteroatoms. The molecule has 1 N–H and O–H groups in total. The summed E-state index contributed by atoms with van der Waals surface area (Å²) in [5.74, 6) is 0.328. The molecule has 20 heavy (non-hydrogen) atoms. The predicted molar refractivity (Wildman–Crippen MR) is 85.5 cm³/mol. The smallest absolute Gasteiger partial charge is 0.264 e. The van der Waals surface area contributed by atoms with Gasteiger partial charge in [-0.15, -0.1) is 0 Å². The number of nitrogens with zero attached hydrogens (tertiary/aromatic N) is 1. The number of hydrogen-bond donors (Lipinski definition) is 1. The van der Waals surface area contributed by atoms with Crippen molar-refractivity contribution in [1.82, 2.24) is 9.97 Å². The van der Waals surface area contributed by atoms with Gasteiger partial charge in [-0.05, 0) is 60.6 Å². The minimum atomic E-state index is -0.485. The van der Waals surface area contributed by atoms with E-state index < -0.39 is 5.41 Å². The molecule has 3 nitrogen and oxygen atoms in total. The second-order valence-corrected chi connectivity index (χ2v) is 6.24. The van der Waals surface area contributed by atoms with E-state index in [9.17, 15) is 9.18 Å². The fourth-order valence-corrected chi connectivity index (χ4v) is 2.68. The maximum absolute atomic E-state index is 13.0. The van der Waals surface area contributed by atoms with Gasteiger partial charge in [-0.3, -0.25) is 4.79 Å². The van der Waals surface area contributed by atoms with E-state index in [1.165, 1.54) is 12.1 Å². The number of hydrogen-bond acceptors (Lipinski definition) is 2. The molecule has 0 aliphatic carbocycles. The Morgan fingerprint density at radius 1 is 1.30 bits per heavy atom. The van der Waals surface area contributed by atoms with Crippen molar-refractivity contribution in [2.24, 2.45) is 0 Å². The topological polar surface area (TPSA) is 45.8 Å². The monoisotopic (exact) mass is 386 g/mol. The zero-order valence-electron chi connectivity index (χ0n) is 11.6. The first kappa shape index (κ1) is 15.2. The summed E-state index contributed by atoms with van der Waals surface area (Å²) in [4.78, 5) is 19.4. The van der Waals surface area contributed by atoms with E-state index in [1.54, 1.807) is 12.1 Å². The molecule has 0 aliphatic heterocycles. The lowest BCUT2D eigenvalue weighted by Crippen LogP contribution is -2.28. The van der Waals surface area contributed by atoms with E-state index in [2.05, 4.69) is 9.97 Å². The van der Waals surface area contributed by atoms with E-state index >= 15 is 0 Å². The first-order chi connectivity index (χ1) is 9.36. The molecule has 0 unspecified atom stereocenters. The molecule has 1 aromatic heterocycles. The molecule has 0 saturated heterocycles. The first-order valence-corrected chi connectivity index (χ1v) is 7.49. The highest BCUT2D eigenvalue weighted by Gasteiger charge is 2.27. The quantitative estimate of drug-likeness (QED) is 0.822. The molecule has 106 valence electrons. The lowest BCUT2D eigenvalue weighted by molar-refractivity contribution is 0.575. The summed E-state index contributed by atoms with van der Waals surface area (Å²) >= 11 is 2.01. The van der Waals surface area contributed by atoms with Crippen LogP contribution in [0.5, 0.6) is 0 Å². The maximum Gasteiger partial charge on any atom is 0.264 e. The maximum atomic E-state index is 13.0. The molecule has 0 bridgehead atoms.